The molecule has 2 N–H and O–H groups in total. The number of rotatable bonds is 2. The number of anilines is 1. The minimum absolute atomic E-state index is 0.421. The standard InChI is InChI=1S/C7H10N6O/c1-4-7(8)10-12-13(4)3-6-9-5(2)14-11-6/h3,8H2,1-2H3. The van der Waals surface area contributed by atoms with Gasteiger partial charge >= 0.3 is 0 Å². The van der Waals surface area contributed by atoms with Gasteiger partial charge in [0.25, 0.3) is 0 Å². The van der Waals surface area contributed by atoms with Gasteiger partial charge in [0, 0.05) is 6.92 Å². The molecule has 0 saturated carbocycles. The number of nitrogens with two attached hydrogens (primary N) is 1. The van der Waals surface area contributed by atoms with Gasteiger partial charge in [-0.05, 0) is 6.92 Å². The van der Waals surface area contributed by atoms with Crippen LogP contribution in [0.3, 0.4) is 0 Å². The van der Waals surface area contributed by atoms with E-state index in [1.165, 1.54) is 0 Å². The summed E-state index contributed by atoms with van der Waals surface area (Å²) >= 11 is 0. The molecule has 0 fully saturated rings. The van der Waals surface area contributed by atoms with Crippen molar-refractivity contribution in [2.24, 2.45) is 0 Å². The van der Waals surface area contributed by atoms with Gasteiger partial charge in [0.2, 0.25) is 5.89 Å². The molecule has 0 bridgehead atoms. The molecule has 7 heteroatoms. The maximum atomic E-state index is 5.54. The summed E-state index contributed by atoms with van der Waals surface area (Å²) in [5.41, 5.74) is 6.34. The van der Waals surface area contributed by atoms with Crippen molar-refractivity contribution >= 4 is 5.82 Å². The molecule has 2 rings (SSSR count). The zero-order chi connectivity index (χ0) is 10.1. The van der Waals surface area contributed by atoms with Crippen molar-refractivity contribution in [1.29, 1.82) is 0 Å². The molecule has 0 unspecified atom stereocenters. The Kier molecular flexibility index (Phi) is 1.91. The Bertz CT molecular complexity index is 445. The van der Waals surface area contributed by atoms with E-state index in [0.717, 1.165) is 5.69 Å². The lowest BCUT2D eigenvalue weighted by Gasteiger charge is -1.97. The lowest BCUT2D eigenvalue weighted by molar-refractivity contribution is 0.384. The van der Waals surface area contributed by atoms with E-state index in [9.17, 15) is 0 Å². The summed E-state index contributed by atoms with van der Waals surface area (Å²) in [5, 5.41) is 11.3. The predicted octanol–water partition coefficient (Wildman–Crippen LogP) is -0.0916. The molecule has 0 aliphatic carbocycles. The zero-order valence-corrected chi connectivity index (χ0v) is 7.93. The molecule has 0 amide bonds. The molecule has 0 saturated heterocycles. The Balaban J connectivity index is 2.22. The summed E-state index contributed by atoms with van der Waals surface area (Å²) in [6, 6.07) is 0. The van der Waals surface area contributed by atoms with Gasteiger partial charge in [0.05, 0.1) is 5.69 Å². The number of hydrogen-bond donors (Lipinski definition) is 1. The second-order valence-electron chi connectivity index (χ2n) is 2.95. The normalized spacial score (nSPS) is 10.7. The molecule has 2 aromatic heterocycles. The maximum absolute atomic E-state index is 5.54. The first-order valence-electron chi connectivity index (χ1n) is 4.11. The van der Waals surface area contributed by atoms with Gasteiger partial charge in [0.15, 0.2) is 11.6 Å². The molecular weight excluding hydrogens is 184 g/mol. The number of nitrogen functional groups attached to an aromatic ring is 1. The van der Waals surface area contributed by atoms with Crippen LogP contribution < -0.4 is 5.73 Å². The lowest BCUT2D eigenvalue weighted by Crippen LogP contribution is -2.05. The van der Waals surface area contributed by atoms with Crippen molar-refractivity contribution < 1.29 is 4.52 Å². The van der Waals surface area contributed by atoms with Crippen molar-refractivity contribution in [3.8, 4) is 0 Å². The fraction of sp³-hybridized carbons (Fsp3) is 0.429. The van der Waals surface area contributed by atoms with Crippen LogP contribution >= 0.6 is 0 Å². The summed E-state index contributed by atoms with van der Waals surface area (Å²) in [6.45, 7) is 3.99. The van der Waals surface area contributed by atoms with Crippen molar-refractivity contribution in [2.75, 3.05) is 5.73 Å². The van der Waals surface area contributed by atoms with Gasteiger partial charge in [0.1, 0.15) is 6.54 Å². The average molecular weight is 194 g/mol. The van der Waals surface area contributed by atoms with E-state index in [0.29, 0.717) is 24.1 Å². The van der Waals surface area contributed by atoms with Crippen molar-refractivity contribution in [3.05, 3.63) is 17.4 Å². The molecule has 0 radical (unpaired) electrons. The van der Waals surface area contributed by atoms with Crippen LogP contribution in [0.1, 0.15) is 17.4 Å². The lowest BCUT2D eigenvalue weighted by atomic mass is 10.4. The smallest absolute Gasteiger partial charge is 0.223 e. The summed E-state index contributed by atoms with van der Waals surface area (Å²) in [4.78, 5) is 4.05. The monoisotopic (exact) mass is 194 g/mol. The second kappa shape index (κ2) is 3.09. The van der Waals surface area contributed by atoms with Crippen LogP contribution in [0.25, 0.3) is 0 Å². The minimum Gasteiger partial charge on any atom is -0.381 e. The molecule has 0 aliphatic rings. The number of aryl methyl sites for hydroxylation is 1. The fourth-order valence-electron chi connectivity index (χ4n) is 1.06. The van der Waals surface area contributed by atoms with Crippen LogP contribution in [0.15, 0.2) is 4.52 Å². The number of aromatic nitrogens is 5. The van der Waals surface area contributed by atoms with Gasteiger partial charge in [-0.1, -0.05) is 10.4 Å². The molecule has 2 heterocycles. The van der Waals surface area contributed by atoms with Crippen LogP contribution in [0, 0.1) is 13.8 Å². The minimum atomic E-state index is 0.421. The summed E-state index contributed by atoms with van der Waals surface area (Å²) < 4.78 is 6.45. The predicted molar refractivity (Wildman–Crippen MR) is 47.3 cm³/mol. The Morgan fingerprint density at radius 1 is 1.43 bits per heavy atom. The first-order chi connectivity index (χ1) is 6.66. The molecule has 74 valence electrons. The van der Waals surface area contributed by atoms with Crippen LogP contribution in [0.4, 0.5) is 5.82 Å². The topological polar surface area (TPSA) is 95.7 Å². The largest absolute Gasteiger partial charge is 0.381 e. The Labute approximate surface area is 79.9 Å². The first kappa shape index (κ1) is 8.67. The van der Waals surface area contributed by atoms with Crippen molar-refractivity contribution in [3.63, 3.8) is 0 Å². The summed E-state index contributed by atoms with van der Waals surface area (Å²) in [7, 11) is 0. The van der Waals surface area contributed by atoms with E-state index < -0.39 is 0 Å². The van der Waals surface area contributed by atoms with E-state index in [1.807, 2.05) is 6.92 Å². The Hall–Kier alpha value is -1.92. The highest BCUT2D eigenvalue weighted by Gasteiger charge is 2.08. The molecular formula is C7H10N6O. The van der Waals surface area contributed by atoms with Crippen LogP contribution in [-0.2, 0) is 6.54 Å². The molecule has 0 aromatic carbocycles. The highest BCUT2D eigenvalue weighted by atomic mass is 16.5. The zero-order valence-electron chi connectivity index (χ0n) is 7.93. The van der Waals surface area contributed by atoms with Gasteiger partial charge in [-0.25, -0.2) is 4.68 Å². The second-order valence-corrected chi connectivity index (χ2v) is 2.95. The van der Waals surface area contributed by atoms with Gasteiger partial charge in [-0.2, -0.15) is 4.98 Å². The molecule has 14 heavy (non-hydrogen) atoms. The molecule has 0 atom stereocenters. The Morgan fingerprint density at radius 3 is 2.71 bits per heavy atom. The number of hydrogen-bond acceptors (Lipinski definition) is 6. The summed E-state index contributed by atoms with van der Waals surface area (Å²) in [6.07, 6.45) is 0. The number of nitrogens with zero attached hydrogens (tertiary/aromatic N) is 5. The molecule has 7 nitrogen and oxygen atoms in total. The van der Waals surface area contributed by atoms with E-state index in [2.05, 4.69) is 20.5 Å². The SMILES string of the molecule is Cc1nc(Cn2nnc(N)c2C)no1. The quantitative estimate of drug-likeness (QED) is 0.717. The Morgan fingerprint density at radius 2 is 2.21 bits per heavy atom. The van der Waals surface area contributed by atoms with Crippen molar-refractivity contribution in [2.45, 2.75) is 20.4 Å². The fourth-order valence-corrected chi connectivity index (χ4v) is 1.06. The van der Waals surface area contributed by atoms with Gasteiger partial charge < -0.3 is 10.3 Å². The highest BCUT2D eigenvalue weighted by Crippen LogP contribution is 2.06. The first-order valence-corrected chi connectivity index (χ1v) is 4.11. The third-order valence-corrected chi connectivity index (χ3v) is 1.88. The molecule has 0 spiro atoms. The van der Waals surface area contributed by atoms with Gasteiger partial charge in [-0.3, -0.25) is 0 Å². The van der Waals surface area contributed by atoms with Crippen LogP contribution in [0.5, 0.6) is 0 Å². The third-order valence-electron chi connectivity index (χ3n) is 1.88. The molecule has 0 aliphatic heterocycles. The van der Waals surface area contributed by atoms with E-state index in [-0.39, 0.29) is 0 Å². The molecule has 2 aromatic rings. The van der Waals surface area contributed by atoms with E-state index in [4.69, 9.17) is 10.3 Å². The van der Waals surface area contributed by atoms with E-state index in [1.54, 1.807) is 11.6 Å². The highest BCUT2D eigenvalue weighted by molar-refractivity contribution is 5.31. The van der Waals surface area contributed by atoms with Crippen LogP contribution in [-0.4, -0.2) is 25.1 Å². The van der Waals surface area contributed by atoms with Crippen LogP contribution in [0.2, 0.25) is 0 Å². The average Bonchev–Trinajstić information content (AvgIpc) is 2.67. The van der Waals surface area contributed by atoms with Crippen molar-refractivity contribution in [1.82, 2.24) is 25.1 Å². The van der Waals surface area contributed by atoms with E-state index >= 15 is 0 Å². The van der Waals surface area contributed by atoms with Gasteiger partial charge in [-0.15, -0.1) is 5.10 Å². The summed E-state index contributed by atoms with van der Waals surface area (Å²) in [5.74, 6) is 1.52. The third kappa shape index (κ3) is 1.43. The maximum Gasteiger partial charge on any atom is 0.223 e.